The summed E-state index contributed by atoms with van der Waals surface area (Å²) in [5, 5.41) is 0. The molecule has 0 bridgehead atoms. The molecule has 2 aromatic carbocycles. The van der Waals surface area contributed by atoms with E-state index in [-0.39, 0.29) is 5.56 Å². The van der Waals surface area contributed by atoms with Crippen molar-refractivity contribution < 1.29 is 9.18 Å². The van der Waals surface area contributed by atoms with Gasteiger partial charge >= 0.3 is 0 Å². The number of primary amides is 1. The van der Waals surface area contributed by atoms with E-state index < -0.39 is 11.7 Å². The number of amides is 1. The molecule has 0 spiro atoms. The van der Waals surface area contributed by atoms with Crippen molar-refractivity contribution in [3.63, 3.8) is 0 Å². The highest BCUT2D eigenvalue weighted by Gasteiger charge is 2.14. The zero-order valence-electron chi connectivity index (χ0n) is 9.48. The highest BCUT2D eigenvalue weighted by atomic mass is 19.1. The smallest absolute Gasteiger partial charge is 0.249 e. The van der Waals surface area contributed by atoms with Gasteiger partial charge in [0.25, 0.3) is 0 Å². The Labute approximate surface area is 104 Å². The molecule has 0 saturated carbocycles. The Hall–Kier alpha value is -2.60. The van der Waals surface area contributed by atoms with Gasteiger partial charge in [-0.2, -0.15) is 0 Å². The summed E-state index contributed by atoms with van der Waals surface area (Å²) in [6, 6.07) is 11.1. The summed E-state index contributed by atoms with van der Waals surface area (Å²) in [5.74, 6) is 1.39. The fourth-order valence-electron chi connectivity index (χ4n) is 1.82. The predicted molar refractivity (Wildman–Crippen MR) is 68.3 cm³/mol. The van der Waals surface area contributed by atoms with Crippen LogP contribution in [0.3, 0.4) is 0 Å². The molecule has 0 aliphatic carbocycles. The van der Waals surface area contributed by atoms with E-state index in [4.69, 9.17) is 12.2 Å². The van der Waals surface area contributed by atoms with Gasteiger partial charge in [-0.1, -0.05) is 36.3 Å². The van der Waals surface area contributed by atoms with Gasteiger partial charge in [0, 0.05) is 16.7 Å². The number of halogens is 1. The van der Waals surface area contributed by atoms with Crippen LogP contribution in [0.2, 0.25) is 0 Å². The molecule has 18 heavy (non-hydrogen) atoms. The number of terminal acetylenes is 1. The SMILES string of the molecule is C#Cc1c(C(N)=O)cccc1-c1ccccc1F. The van der Waals surface area contributed by atoms with Gasteiger partial charge in [0.05, 0.1) is 5.56 Å². The highest BCUT2D eigenvalue weighted by Crippen LogP contribution is 2.27. The van der Waals surface area contributed by atoms with E-state index in [1.165, 1.54) is 12.1 Å². The molecule has 0 fully saturated rings. The van der Waals surface area contributed by atoms with Crippen LogP contribution in [-0.4, -0.2) is 5.91 Å². The van der Waals surface area contributed by atoms with E-state index in [1.54, 1.807) is 30.3 Å². The molecular formula is C15H10FNO. The van der Waals surface area contributed by atoms with Crippen molar-refractivity contribution in [1.29, 1.82) is 0 Å². The second-order valence-corrected chi connectivity index (χ2v) is 3.72. The Bertz CT molecular complexity index is 656. The van der Waals surface area contributed by atoms with E-state index in [1.807, 2.05) is 0 Å². The molecule has 88 valence electrons. The van der Waals surface area contributed by atoms with Gasteiger partial charge in [0.1, 0.15) is 5.82 Å². The average Bonchev–Trinajstić information content (AvgIpc) is 2.38. The van der Waals surface area contributed by atoms with Crippen molar-refractivity contribution in [2.75, 3.05) is 0 Å². The number of hydrogen-bond donors (Lipinski definition) is 1. The van der Waals surface area contributed by atoms with Gasteiger partial charge in [-0.05, 0) is 12.1 Å². The normalized spacial score (nSPS) is 9.78. The largest absolute Gasteiger partial charge is 0.366 e. The number of carbonyl (C=O) groups excluding carboxylic acids is 1. The Kier molecular flexibility index (Phi) is 3.11. The number of benzene rings is 2. The summed E-state index contributed by atoms with van der Waals surface area (Å²) in [6.07, 6.45) is 5.40. The minimum absolute atomic E-state index is 0.221. The first-order valence-corrected chi connectivity index (χ1v) is 5.29. The minimum atomic E-state index is -0.624. The van der Waals surface area contributed by atoms with Gasteiger partial charge in [0.15, 0.2) is 0 Å². The van der Waals surface area contributed by atoms with Crippen molar-refractivity contribution in [2.24, 2.45) is 5.73 Å². The molecule has 0 aliphatic heterocycles. The Morgan fingerprint density at radius 3 is 2.39 bits per heavy atom. The molecule has 0 aromatic heterocycles. The van der Waals surface area contributed by atoms with Crippen LogP contribution in [0, 0.1) is 18.2 Å². The van der Waals surface area contributed by atoms with E-state index in [9.17, 15) is 9.18 Å². The molecule has 2 nitrogen and oxygen atoms in total. The second-order valence-electron chi connectivity index (χ2n) is 3.72. The summed E-state index contributed by atoms with van der Waals surface area (Å²) in [5.41, 5.74) is 6.63. The quantitative estimate of drug-likeness (QED) is 0.804. The van der Waals surface area contributed by atoms with Gasteiger partial charge in [-0.15, -0.1) is 6.42 Å². The molecule has 3 heteroatoms. The predicted octanol–water partition coefficient (Wildman–Crippen LogP) is 2.57. The molecule has 0 atom stereocenters. The topological polar surface area (TPSA) is 43.1 Å². The highest BCUT2D eigenvalue weighted by molar-refractivity contribution is 5.98. The Morgan fingerprint density at radius 1 is 1.11 bits per heavy atom. The van der Waals surface area contributed by atoms with Gasteiger partial charge in [0.2, 0.25) is 5.91 Å². The van der Waals surface area contributed by atoms with Crippen LogP contribution in [0.25, 0.3) is 11.1 Å². The summed E-state index contributed by atoms with van der Waals surface area (Å²) < 4.78 is 13.7. The van der Waals surface area contributed by atoms with Crippen molar-refractivity contribution in [3.8, 4) is 23.5 Å². The number of carbonyl (C=O) groups is 1. The zero-order valence-corrected chi connectivity index (χ0v) is 9.48. The van der Waals surface area contributed by atoms with Crippen LogP contribution in [0.1, 0.15) is 15.9 Å². The molecule has 2 N–H and O–H groups in total. The van der Waals surface area contributed by atoms with E-state index >= 15 is 0 Å². The third-order valence-corrected chi connectivity index (χ3v) is 2.64. The van der Waals surface area contributed by atoms with Gasteiger partial charge in [-0.3, -0.25) is 4.79 Å². The summed E-state index contributed by atoms with van der Waals surface area (Å²) >= 11 is 0. The molecule has 0 heterocycles. The van der Waals surface area contributed by atoms with Crippen LogP contribution in [-0.2, 0) is 0 Å². The number of hydrogen-bond acceptors (Lipinski definition) is 1. The van der Waals surface area contributed by atoms with E-state index in [2.05, 4.69) is 5.92 Å². The fourth-order valence-corrected chi connectivity index (χ4v) is 1.82. The van der Waals surface area contributed by atoms with E-state index in [0.717, 1.165) is 0 Å². The molecule has 0 unspecified atom stereocenters. The summed E-state index contributed by atoms with van der Waals surface area (Å²) in [4.78, 5) is 11.3. The second kappa shape index (κ2) is 4.72. The maximum absolute atomic E-state index is 13.7. The molecule has 0 aliphatic rings. The van der Waals surface area contributed by atoms with Crippen molar-refractivity contribution in [2.45, 2.75) is 0 Å². The lowest BCUT2D eigenvalue weighted by atomic mass is 9.95. The lowest BCUT2D eigenvalue weighted by Gasteiger charge is -2.09. The number of nitrogens with two attached hydrogens (primary N) is 1. The van der Waals surface area contributed by atoms with Crippen LogP contribution in [0.5, 0.6) is 0 Å². The summed E-state index contributed by atoms with van der Waals surface area (Å²) in [7, 11) is 0. The molecular weight excluding hydrogens is 229 g/mol. The van der Waals surface area contributed by atoms with Crippen LogP contribution < -0.4 is 5.73 Å². The Morgan fingerprint density at radius 2 is 1.78 bits per heavy atom. The van der Waals surface area contributed by atoms with Crippen LogP contribution >= 0.6 is 0 Å². The lowest BCUT2D eigenvalue weighted by molar-refractivity contribution is 0.1000. The third-order valence-electron chi connectivity index (χ3n) is 2.64. The Balaban J connectivity index is 2.74. The summed E-state index contributed by atoms with van der Waals surface area (Å²) in [6.45, 7) is 0. The molecule has 2 aromatic rings. The first-order chi connectivity index (χ1) is 8.65. The number of rotatable bonds is 2. The van der Waals surface area contributed by atoms with Crippen molar-refractivity contribution in [3.05, 3.63) is 59.4 Å². The maximum atomic E-state index is 13.7. The first-order valence-electron chi connectivity index (χ1n) is 5.29. The molecule has 2 rings (SSSR count). The van der Waals surface area contributed by atoms with Gasteiger partial charge in [-0.25, -0.2) is 4.39 Å². The monoisotopic (exact) mass is 239 g/mol. The molecule has 0 radical (unpaired) electrons. The van der Waals surface area contributed by atoms with Crippen LogP contribution in [0.15, 0.2) is 42.5 Å². The van der Waals surface area contributed by atoms with Crippen LogP contribution in [0.4, 0.5) is 4.39 Å². The van der Waals surface area contributed by atoms with Crippen molar-refractivity contribution >= 4 is 5.91 Å². The third kappa shape index (κ3) is 1.96. The van der Waals surface area contributed by atoms with E-state index in [0.29, 0.717) is 16.7 Å². The van der Waals surface area contributed by atoms with Gasteiger partial charge < -0.3 is 5.73 Å². The average molecular weight is 239 g/mol. The maximum Gasteiger partial charge on any atom is 0.249 e. The molecule has 1 amide bonds. The minimum Gasteiger partial charge on any atom is -0.366 e. The molecule has 0 saturated heterocycles. The standard InChI is InChI=1S/C15H10FNO/c1-2-10-11(7-5-8-13(10)15(17)18)12-6-3-4-9-14(12)16/h1,3-9H,(H2,17,18). The van der Waals surface area contributed by atoms with Crippen molar-refractivity contribution in [1.82, 2.24) is 0 Å². The zero-order chi connectivity index (χ0) is 13.1. The lowest BCUT2D eigenvalue weighted by Crippen LogP contribution is -2.13. The first kappa shape index (κ1) is 11.9. The fraction of sp³-hybridized carbons (Fsp3) is 0.